The number of carbonyl (C=O) groups excluding carboxylic acids is 2. The first-order valence-corrected chi connectivity index (χ1v) is 7.61. The quantitative estimate of drug-likeness (QED) is 0.837. The molecule has 1 aromatic carbocycles. The van der Waals surface area contributed by atoms with E-state index in [4.69, 9.17) is 9.47 Å². The number of nitrogens with zero attached hydrogens (tertiary/aromatic N) is 1. The van der Waals surface area contributed by atoms with Crippen LogP contribution in [0.25, 0.3) is 0 Å². The Balaban J connectivity index is 1.95. The van der Waals surface area contributed by atoms with E-state index in [1.165, 1.54) is 0 Å². The highest BCUT2D eigenvalue weighted by molar-refractivity contribution is 5.95. The van der Waals surface area contributed by atoms with Gasteiger partial charge in [0.2, 0.25) is 0 Å². The highest BCUT2D eigenvalue weighted by Crippen LogP contribution is 2.31. The number of carbonyl (C=O) groups is 2. The zero-order valence-corrected chi connectivity index (χ0v) is 13.1. The topological polar surface area (TPSA) is 67.9 Å². The number of anilines is 1. The minimum atomic E-state index is -0.196. The molecule has 0 unspecified atom stereocenters. The standard InChI is InChI=1S/C16H22N2O4/c1-3-7-18(8-4-2)16(20)11-21-12-5-6-14-13(9-12)17-15(19)10-22-14/h5-6,9H,3-4,7-8,10-11H2,1-2H3,(H,17,19). The van der Waals surface area contributed by atoms with Crippen LogP contribution in [0.15, 0.2) is 18.2 Å². The molecule has 0 atom stereocenters. The van der Waals surface area contributed by atoms with Gasteiger partial charge in [-0.1, -0.05) is 13.8 Å². The van der Waals surface area contributed by atoms with Crippen molar-refractivity contribution in [1.82, 2.24) is 4.90 Å². The van der Waals surface area contributed by atoms with Crippen molar-refractivity contribution in [1.29, 1.82) is 0 Å². The van der Waals surface area contributed by atoms with Gasteiger partial charge in [-0.3, -0.25) is 9.59 Å². The lowest BCUT2D eigenvalue weighted by Crippen LogP contribution is -2.36. The predicted octanol–water partition coefficient (Wildman–Crippen LogP) is 2.04. The highest BCUT2D eigenvalue weighted by Gasteiger charge is 2.17. The zero-order valence-electron chi connectivity index (χ0n) is 13.1. The lowest BCUT2D eigenvalue weighted by molar-refractivity contribution is -0.133. The van der Waals surface area contributed by atoms with E-state index >= 15 is 0 Å². The van der Waals surface area contributed by atoms with Gasteiger partial charge in [0, 0.05) is 19.2 Å². The molecule has 0 fully saturated rings. The Morgan fingerprint density at radius 2 is 2.05 bits per heavy atom. The van der Waals surface area contributed by atoms with Crippen LogP contribution in [0.4, 0.5) is 5.69 Å². The third-order valence-corrected chi connectivity index (χ3v) is 3.29. The molecule has 1 aromatic rings. The molecular formula is C16H22N2O4. The molecule has 120 valence electrons. The molecule has 1 aliphatic heterocycles. The third kappa shape index (κ3) is 4.13. The van der Waals surface area contributed by atoms with E-state index in [1.807, 2.05) is 18.7 Å². The van der Waals surface area contributed by atoms with Gasteiger partial charge >= 0.3 is 0 Å². The van der Waals surface area contributed by atoms with Crippen LogP contribution >= 0.6 is 0 Å². The molecule has 1 aliphatic rings. The zero-order chi connectivity index (χ0) is 15.9. The van der Waals surface area contributed by atoms with Crippen LogP contribution in [0, 0.1) is 0 Å². The summed E-state index contributed by atoms with van der Waals surface area (Å²) in [7, 11) is 0. The van der Waals surface area contributed by atoms with Crippen LogP contribution in [-0.2, 0) is 9.59 Å². The number of amides is 2. The molecule has 2 rings (SSSR count). The van der Waals surface area contributed by atoms with E-state index in [-0.39, 0.29) is 25.0 Å². The van der Waals surface area contributed by atoms with Crippen molar-refractivity contribution in [3.05, 3.63) is 18.2 Å². The number of ether oxygens (including phenoxy) is 2. The van der Waals surface area contributed by atoms with E-state index in [9.17, 15) is 9.59 Å². The fourth-order valence-electron chi connectivity index (χ4n) is 2.29. The Hall–Kier alpha value is -2.24. The Bertz CT molecular complexity index is 539. The van der Waals surface area contributed by atoms with Gasteiger partial charge in [-0.25, -0.2) is 0 Å². The molecule has 0 saturated carbocycles. The van der Waals surface area contributed by atoms with Gasteiger partial charge in [-0.15, -0.1) is 0 Å². The number of benzene rings is 1. The van der Waals surface area contributed by atoms with E-state index in [1.54, 1.807) is 18.2 Å². The monoisotopic (exact) mass is 306 g/mol. The Kier molecular flexibility index (Phi) is 5.63. The van der Waals surface area contributed by atoms with Crippen LogP contribution in [-0.4, -0.2) is 43.0 Å². The van der Waals surface area contributed by atoms with Crippen molar-refractivity contribution in [2.24, 2.45) is 0 Å². The highest BCUT2D eigenvalue weighted by atomic mass is 16.5. The molecule has 1 N–H and O–H groups in total. The van der Waals surface area contributed by atoms with Crippen LogP contribution in [0.2, 0.25) is 0 Å². The predicted molar refractivity (Wildman–Crippen MR) is 83.2 cm³/mol. The lowest BCUT2D eigenvalue weighted by Gasteiger charge is -2.22. The maximum Gasteiger partial charge on any atom is 0.262 e. The summed E-state index contributed by atoms with van der Waals surface area (Å²) in [4.78, 5) is 25.3. The van der Waals surface area contributed by atoms with Gasteiger partial charge in [0.15, 0.2) is 13.2 Å². The van der Waals surface area contributed by atoms with Crippen molar-refractivity contribution in [2.45, 2.75) is 26.7 Å². The molecule has 6 nitrogen and oxygen atoms in total. The summed E-state index contributed by atoms with van der Waals surface area (Å²) >= 11 is 0. The van der Waals surface area contributed by atoms with Crippen molar-refractivity contribution in [3.8, 4) is 11.5 Å². The summed E-state index contributed by atoms with van der Waals surface area (Å²) < 4.78 is 10.8. The fourth-order valence-corrected chi connectivity index (χ4v) is 2.29. The maximum atomic E-state index is 12.1. The fraction of sp³-hybridized carbons (Fsp3) is 0.500. The molecule has 0 bridgehead atoms. The van der Waals surface area contributed by atoms with Crippen LogP contribution in [0.3, 0.4) is 0 Å². The van der Waals surface area contributed by atoms with Gasteiger partial charge in [0.25, 0.3) is 11.8 Å². The number of hydrogen-bond acceptors (Lipinski definition) is 4. The average Bonchev–Trinajstić information content (AvgIpc) is 2.52. The summed E-state index contributed by atoms with van der Waals surface area (Å²) in [6.07, 6.45) is 1.85. The molecule has 0 aliphatic carbocycles. The first kappa shape index (κ1) is 16.1. The van der Waals surface area contributed by atoms with Crippen LogP contribution in [0.1, 0.15) is 26.7 Å². The van der Waals surface area contributed by atoms with E-state index < -0.39 is 0 Å². The first-order chi connectivity index (χ1) is 10.6. The number of nitrogens with one attached hydrogen (secondary N) is 1. The van der Waals surface area contributed by atoms with Crippen molar-refractivity contribution < 1.29 is 19.1 Å². The van der Waals surface area contributed by atoms with E-state index in [2.05, 4.69) is 5.32 Å². The Labute approximate surface area is 130 Å². The van der Waals surface area contributed by atoms with E-state index in [0.29, 0.717) is 17.2 Å². The summed E-state index contributed by atoms with van der Waals surface area (Å²) in [5, 5.41) is 2.71. The van der Waals surface area contributed by atoms with Gasteiger partial charge in [0.05, 0.1) is 5.69 Å². The summed E-state index contributed by atoms with van der Waals surface area (Å²) in [5.74, 6) is 0.919. The molecule has 0 aromatic heterocycles. The van der Waals surface area contributed by atoms with Gasteiger partial charge in [0.1, 0.15) is 11.5 Å². The number of hydrogen-bond donors (Lipinski definition) is 1. The van der Waals surface area contributed by atoms with Crippen LogP contribution < -0.4 is 14.8 Å². The summed E-state index contributed by atoms with van der Waals surface area (Å²) in [5.41, 5.74) is 0.570. The number of fused-ring (bicyclic) bond motifs is 1. The second kappa shape index (κ2) is 7.68. The summed E-state index contributed by atoms with van der Waals surface area (Å²) in [6, 6.07) is 5.13. The first-order valence-electron chi connectivity index (χ1n) is 7.61. The molecule has 6 heteroatoms. The molecule has 2 amide bonds. The Morgan fingerprint density at radius 1 is 1.32 bits per heavy atom. The average molecular weight is 306 g/mol. The largest absolute Gasteiger partial charge is 0.484 e. The van der Waals surface area contributed by atoms with E-state index in [0.717, 1.165) is 25.9 Å². The van der Waals surface area contributed by atoms with Gasteiger partial charge in [-0.2, -0.15) is 0 Å². The molecular weight excluding hydrogens is 284 g/mol. The van der Waals surface area contributed by atoms with Gasteiger partial charge < -0.3 is 19.7 Å². The van der Waals surface area contributed by atoms with Crippen molar-refractivity contribution in [2.75, 3.05) is 31.6 Å². The van der Waals surface area contributed by atoms with Crippen molar-refractivity contribution >= 4 is 17.5 Å². The van der Waals surface area contributed by atoms with Crippen LogP contribution in [0.5, 0.6) is 11.5 Å². The second-order valence-corrected chi connectivity index (χ2v) is 5.16. The molecule has 0 saturated heterocycles. The summed E-state index contributed by atoms with van der Waals surface area (Å²) in [6.45, 7) is 5.59. The lowest BCUT2D eigenvalue weighted by atomic mass is 10.2. The molecule has 0 spiro atoms. The Morgan fingerprint density at radius 3 is 2.73 bits per heavy atom. The second-order valence-electron chi connectivity index (χ2n) is 5.16. The normalized spacial score (nSPS) is 12.9. The SMILES string of the molecule is CCCN(CCC)C(=O)COc1ccc2c(c1)NC(=O)CO2. The molecule has 0 radical (unpaired) electrons. The third-order valence-electron chi connectivity index (χ3n) is 3.29. The maximum absolute atomic E-state index is 12.1. The minimum absolute atomic E-state index is 0.00636. The molecule has 22 heavy (non-hydrogen) atoms. The number of rotatable bonds is 7. The van der Waals surface area contributed by atoms with Gasteiger partial charge in [-0.05, 0) is 25.0 Å². The van der Waals surface area contributed by atoms with Crippen molar-refractivity contribution in [3.63, 3.8) is 0 Å². The minimum Gasteiger partial charge on any atom is -0.484 e. The smallest absolute Gasteiger partial charge is 0.262 e. The molecule has 1 heterocycles.